The summed E-state index contributed by atoms with van der Waals surface area (Å²) in [5, 5.41) is 14.9. The third-order valence-corrected chi connectivity index (χ3v) is 4.59. The monoisotopic (exact) mass is 417 g/mol. The van der Waals surface area contributed by atoms with Crippen molar-refractivity contribution in [3.63, 3.8) is 0 Å². The van der Waals surface area contributed by atoms with Crippen molar-refractivity contribution < 1.29 is 5.11 Å². The predicted molar refractivity (Wildman–Crippen MR) is 112 cm³/mol. The van der Waals surface area contributed by atoms with Gasteiger partial charge in [0.1, 0.15) is 5.75 Å². The van der Waals surface area contributed by atoms with Crippen LogP contribution in [-0.4, -0.2) is 19.9 Å². The molecule has 27 heavy (non-hydrogen) atoms. The smallest absolute Gasteiger partial charge is 0.175 e. The van der Waals surface area contributed by atoms with Gasteiger partial charge in [0, 0.05) is 4.47 Å². The third-order valence-electron chi connectivity index (χ3n) is 4.06. The number of rotatable bonds is 4. The number of phenolic OH excluding ortho intramolecular Hbond substituents is 1. The van der Waals surface area contributed by atoms with Crippen molar-refractivity contribution in [1.82, 2.24) is 14.8 Å². The van der Waals surface area contributed by atoms with Gasteiger partial charge in [0.2, 0.25) is 0 Å². The summed E-state index contributed by atoms with van der Waals surface area (Å²) in [5.74, 6) is 1.33. The van der Waals surface area contributed by atoms with Gasteiger partial charge in [-0.2, -0.15) is 0 Å². The van der Waals surface area contributed by atoms with Gasteiger partial charge in [-0.3, -0.25) is 0 Å². The second-order valence-electron chi connectivity index (χ2n) is 5.94. The summed E-state index contributed by atoms with van der Waals surface area (Å²) in [4.78, 5) is 4.65. The van der Waals surface area contributed by atoms with E-state index in [0.29, 0.717) is 17.2 Å². The first-order valence-corrected chi connectivity index (χ1v) is 9.24. The molecule has 0 amide bonds. The Balaban J connectivity index is 1.78. The molecule has 0 spiro atoms. The molecule has 132 valence electrons. The van der Waals surface area contributed by atoms with Crippen LogP contribution < -0.4 is 0 Å². The summed E-state index contributed by atoms with van der Waals surface area (Å²) in [7, 11) is 0. The van der Waals surface area contributed by atoms with Gasteiger partial charge in [0.15, 0.2) is 11.6 Å². The standard InChI is InChI=1S/C22H16BrN3O/c23-17-13-10-16(11-14-17)12-15-21-24-22(19-8-4-5-9-20(19)27)26(25-21)18-6-2-1-3-7-18/h1-15,27H/b15-12+. The number of hydrogen-bond acceptors (Lipinski definition) is 3. The van der Waals surface area contributed by atoms with E-state index in [1.165, 1.54) is 0 Å². The number of nitrogens with zero attached hydrogens (tertiary/aromatic N) is 3. The number of halogens is 1. The lowest BCUT2D eigenvalue weighted by atomic mass is 10.2. The van der Waals surface area contributed by atoms with Crippen LogP contribution in [0, 0.1) is 0 Å². The highest BCUT2D eigenvalue weighted by Crippen LogP contribution is 2.29. The van der Waals surface area contributed by atoms with Gasteiger partial charge in [-0.25, -0.2) is 9.67 Å². The van der Waals surface area contributed by atoms with Crippen LogP contribution in [-0.2, 0) is 0 Å². The first kappa shape index (κ1) is 17.2. The molecule has 1 aromatic heterocycles. The van der Waals surface area contributed by atoms with Crippen LogP contribution in [0.5, 0.6) is 5.75 Å². The van der Waals surface area contributed by atoms with Crippen molar-refractivity contribution in [2.45, 2.75) is 0 Å². The Morgan fingerprint density at radius 1 is 0.815 bits per heavy atom. The molecule has 0 fully saturated rings. The van der Waals surface area contributed by atoms with Crippen LogP contribution >= 0.6 is 15.9 Å². The number of phenols is 1. The third kappa shape index (κ3) is 3.83. The summed E-state index contributed by atoms with van der Waals surface area (Å²) in [6, 6.07) is 24.9. The lowest BCUT2D eigenvalue weighted by Gasteiger charge is -2.06. The highest BCUT2D eigenvalue weighted by atomic mass is 79.9. The predicted octanol–water partition coefficient (Wildman–Crippen LogP) is 5.57. The topological polar surface area (TPSA) is 50.9 Å². The SMILES string of the molecule is Oc1ccccc1-c1nc(/C=C/c2ccc(Br)cc2)nn1-c1ccccc1. The fraction of sp³-hybridized carbons (Fsp3) is 0. The van der Waals surface area contributed by atoms with Gasteiger partial charge in [-0.15, -0.1) is 5.10 Å². The molecule has 0 aliphatic rings. The van der Waals surface area contributed by atoms with Crippen LogP contribution in [0.3, 0.4) is 0 Å². The van der Waals surface area contributed by atoms with E-state index in [0.717, 1.165) is 15.7 Å². The van der Waals surface area contributed by atoms with Crippen molar-refractivity contribution in [3.05, 3.63) is 94.7 Å². The van der Waals surface area contributed by atoms with Gasteiger partial charge in [0.05, 0.1) is 11.3 Å². The van der Waals surface area contributed by atoms with E-state index in [1.807, 2.05) is 78.9 Å². The van der Waals surface area contributed by atoms with Crippen LogP contribution in [0.4, 0.5) is 0 Å². The second kappa shape index (κ2) is 7.60. The first-order valence-electron chi connectivity index (χ1n) is 8.45. The van der Waals surface area contributed by atoms with Crippen LogP contribution in [0.1, 0.15) is 11.4 Å². The zero-order valence-corrected chi connectivity index (χ0v) is 15.9. The van der Waals surface area contributed by atoms with Crippen molar-refractivity contribution >= 4 is 28.1 Å². The quantitative estimate of drug-likeness (QED) is 0.471. The van der Waals surface area contributed by atoms with Crippen LogP contribution in [0.25, 0.3) is 29.2 Å². The molecule has 0 radical (unpaired) electrons. The van der Waals surface area contributed by atoms with Crippen LogP contribution in [0.15, 0.2) is 83.3 Å². The van der Waals surface area contributed by atoms with E-state index in [9.17, 15) is 5.11 Å². The zero-order chi connectivity index (χ0) is 18.6. The van der Waals surface area contributed by atoms with Crippen molar-refractivity contribution in [2.24, 2.45) is 0 Å². The summed E-state index contributed by atoms with van der Waals surface area (Å²) < 4.78 is 2.78. The van der Waals surface area contributed by atoms with E-state index in [-0.39, 0.29) is 5.75 Å². The largest absolute Gasteiger partial charge is 0.507 e. The molecule has 1 heterocycles. The minimum Gasteiger partial charge on any atom is -0.507 e. The molecule has 0 aliphatic carbocycles. The molecule has 0 saturated carbocycles. The van der Waals surface area contributed by atoms with Crippen molar-refractivity contribution in [1.29, 1.82) is 0 Å². The Morgan fingerprint density at radius 2 is 1.52 bits per heavy atom. The maximum atomic E-state index is 10.3. The minimum atomic E-state index is 0.172. The molecule has 0 atom stereocenters. The number of benzene rings is 3. The molecular formula is C22H16BrN3O. The average molecular weight is 418 g/mol. The molecule has 0 bridgehead atoms. The maximum absolute atomic E-state index is 10.3. The molecule has 1 N–H and O–H groups in total. The van der Waals surface area contributed by atoms with Crippen molar-refractivity contribution in [2.75, 3.05) is 0 Å². The first-order chi connectivity index (χ1) is 13.2. The molecule has 0 aliphatic heterocycles. The van der Waals surface area contributed by atoms with E-state index in [1.54, 1.807) is 16.8 Å². The fourth-order valence-corrected chi connectivity index (χ4v) is 2.99. The van der Waals surface area contributed by atoms with Gasteiger partial charge in [0.25, 0.3) is 0 Å². The highest BCUT2D eigenvalue weighted by Gasteiger charge is 2.15. The summed E-state index contributed by atoms with van der Waals surface area (Å²) in [5.41, 5.74) is 2.57. The van der Waals surface area contributed by atoms with E-state index in [2.05, 4.69) is 26.0 Å². The summed E-state index contributed by atoms with van der Waals surface area (Å²) in [6.07, 6.45) is 3.83. The molecule has 4 rings (SSSR count). The molecule has 0 unspecified atom stereocenters. The Bertz CT molecular complexity index is 1090. The number of aromatic hydroxyl groups is 1. The fourth-order valence-electron chi connectivity index (χ4n) is 2.73. The lowest BCUT2D eigenvalue weighted by Crippen LogP contribution is -1.99. The van der Waals surface area contributed by atoms with Gasteiger partial charge >= 0.3 is 0 Å². The van der Waals surface area contributed by atoms with E-state index < -0.39 is 0 Å². The second-order valence-corrected chi connectivity index (χ2v) is 6.86. The van der Waals surface area contributed by atoms with Gasteiger partial charge < -0.3 is 5.11 Å². The van der Waals surface area contributed by atoms with Crippen molar-refractivity contribution in [3.8, 4) is 22.8 Å². The van der Waals surface area contributed by atoms with E-state index in [4.69, 9.17) is 0 Å². The summed E-state index contributed by atoms with van der Waals surface area (Å²) in [6.45, 7) is 0. The molecule has 4 aromatic rings. The van der Waals surface area contributed by atoms with E-state index >= 15 is 0 Å². The average Bonchev–Trinajstić information content (AvgIpc) is 3.13. The Hall–Kier alpha value is -3.18. The Morgan fingerprint density at radius 3 is 2.26 bits per heavy atom. The normalized spacial score (nSPS) is 11.1. The number of hydrogen-bond donors (Lipinski definition) is 1. The van der Waals surface area contributed by atoms with Crippen LogP contribution in [0.2, 0.25) is 0 Å². The molecule has 4 nitrogen and oxygen atoms in total. The summed E-state index contributed by atoms with van der Waals surface area (Å²) >= 11 is 3.44. The Kier molecular flexibility index (Phi) is 4.85. The van der Waals surface area contributed by atoms with Gasteiger partial charge in [-0.1, -0.05) is 64.5 Å². The number of aromatic nitrogens is 3. The molecule has 3 aromatic carbocycles. The Labute approximate surface area is 165 Å². The molecule has 5 heteroatoms. The number of para-hydroxylation sites is 2. The lowest BCUT2D eigenvalue weighted by molar-refractivity contribution is 0.476. The van der Waals surface area contributed by atoms with Gasteiger partial charge in [-0.05, 0) is 48.0 Å². The molecule has 0 saturated heterocycles. The highest BCUT2D eigenvalue weighted by molar-refractivity contribution is 9.10. The minimum absolute atomic E-state index is 0.172. The zero-order valence-electron chi connectivity index (χ0n) is 14.3. The maximum Gasteiger partial charge on any atom is 0.175 e. The molecular weight excluding hydrogens is 402 g/mol.